The molecule has 0 spiro atoms. The number of para-hydroxylation sites is 1. The van der Waals surface area contributed by atoms with Crippen LogP contribution in [0.2, 0.25) is 10.0 Å². The minimum Gasteiger partial charge on any atom is -0.480 e. The van der Waals surface area contributed by atoms with Crippen LogP contribution in [0.25, 0.3) is 17.0 Å². The third kappa shape index (κ3) is 3.98. The predicted molar refractivity (Wildman–Crippen MR) is 125 cm³/mol. The van der Waals surface area contributed by atoms with Crippen molar-refractivity contribution in [3.05, 3.63) is 74.7 Å². The Morgan fingerprint density at radius 3 is 2.53 bits per heavy atom. The molecule has 1 aliphatic rings. The van der Waals surface area contributed by atoms with E-state index in [9.17, 15) is 9.59 Å². The van der Waals surface area contributed by atoms with E-state index in [1.807, 2.05) is 35.0 Å². The number of thioether (sulfide) groups is 1. The molecule has 4 rings (SSSR count). The highest BCUT2D eigenvalue weighted by Crippen LogP contribution is 2.35. The molecule has 30 heavy (non-hydrogen) atoms. The standard InChI is InChI=1S/C21H14Cl2N2O3S2/c22-15-5-3-6-16(23)14(15)10-24-9-12(13-4-1-2-7-17(13)24)8-18-20(28)25(11-19(26)27)21(29)30-18/h1-9H,10-11H2,(H,26,27)/b18-8+. The van der Waals surface area contributed by atoms with Crippen molar-refractivity contribution in [2.24, 2.45) is 0 Å². The number of rotatable bonds is 5. The molecule has 1 amide bonds. The maximum absolute atomic E-state index is 12.6. The fourth-order valence-electron chi connectivity index (χ4n) is 3.29. The number of aliphatic carboxylic acids is 1. The molecule has 2 heterocycles. The molecule has 0 atom stereocenters. The van der Waals surface area contributed by atoms with Gasteiger partial charge in [-0.1, -0.05) is 71.4 Å². The number of halogens is 2. The van der Waals surface area contributed by atoms with Gasteiger partial charge in [-0.3, -0.25) is 14.5 Å². The normalized spacial score (nSPS) is 15.5. The molecule has 1 aliphatic heterocycles. The average molecular weight is 477 g/mol. The van der Waals surface area contributed by atoms with Crippen LogP contribution in [0.3, 0.4) is 0 Å². The van der Waals surface area contributed by atoms with Crippen molar-refractivity contribution < 1.29 is 14.7 Å². The van der Waals surface area contributed by atoms with Gasteiger partial charge in [0.15, 0.2) is 0 Å². The Hall–Kier alpha value is -2.32. The maximum atomic E-state index is 12.6. The smallest absolute Gasteiger partial charge is 0.323 e. The van der Waals surface area contributed by atoms with Crippen LogP contribution in [0, 0.1) is 0 Å². The zero-order chi connectivity index (χ0) is 21.4. The van der Waals surface area contributed by atoms with E-state index in [1.54, 1.807) is 24.3 Å². The number of carbonyl (C=O) groups excluding carboxylic acids is 1. The van der Waals surface area contributed by atoms with Crippen molar-refractivity contribution in [3.8, 4) is 0 Å². The summed E-state index contributed by atoms with van der Waals surface area (Å²) in [6.07, 6.45) is 3.67. The molecular formula is C21H14Cl2N2O3S2. The molecule has 9 heteroatoms. The summed E-state index contributed by atoms with van der Waals surface area (Å²) in [4.78, 5) is 25.1. The van der Waals surface area contributed by atoms with E-state index in [-0.39, 0.29) is 4.32 Å². The van der Waals surface area contributed by atoms with Crippen LogP contribution in [0.5, 0.6) is 0 Å². The molecule has 1 saturated heterocycles. The maximum Gasteiger partial charge on any atom is 0.323 e. The number of hydrogen-bond donors (Lipinski definition) is 1. The van der Waals surface area contributed by atoms with Gasteiger partial charge in [0.25, 0.3) is 5.91 Å². The fourth-order valence-corrected chi connectivity index (χ4v) is 5.05. The lowest BCUT2D eigenvalue weighted by atomic mass is 10.1. The van der Waals surface area contributed by atoms with Gasteiger partial charge in [-0.2, -0.15) is 0 Å². The largest absolute Gasteiger partial charge is 0.480 e. The van der Waals surface area contributed by atoms with Crippen molar-refractivity contribution in [3.63, 3.8) is 0 Å². The van der Waals surface area contributed by atoms with Gasteiger partial charge >= 0.3 is 5.97 Å². The number of thiocarbonyl (C=S) groups is 1. The minimum absolute atomic E-state index is 0.236. The minimum atomic E-state index is -1.11. The molecule has 152 valence electrons. The van der Waals surface area contributed by atoms with Crippen molar-refractivity contribution in [1.82, 2.24) is 9.47 Å². The molecule has 2 aromatic carbocycles. The zero-order valence-electron chi connectivity index (χ0n) is 15.3. The van der Waals surface area contributed by atoms with E-state index in [0.717, 1.165) is 38.7 Å². The lowest BCUT2D eigenvalue weighted by Crippen LogP contribution is -2.33. The Balaban J connectivity index is 1.75. The second-order valence-corrected chi connectivity index (χ2v) is 9.08. The Morgan fingerprint density at radius 1 is 1.13 bits per heavy atom. The number of hydrogen-bond acceptors (Lipinski definition) is 4. The molecular weight excluding hydrogens is 463 g/mol. The summed E-state index contributed by atoms with van der Waals surface area (Å²) in [6.45, 7) is 0.0155. The van der Waals surface area contributed by atoms with Crippen LogP contribution in [-0.4, -0.2) is 37.3 Å². The molecule has 5 nitrogen and oxygen atoms in total. The molecule has 1 aromatic heterocycles. The molecule has 0 aliphatic carbocycles. The van der Waals surface area contributed by atoms with Gasteiger partial charge < -0.3 is 9.67 Å². The number of aromatic nitrogens is 1. The first kappa shape index (κ1) is 20.9. The molecule has 0 radical (unpaired) electrons. The van der Waals surface area contributed by atoms with Crippen LogP contribution < -0.4 is 0 Å². The van der Waals surface area contributed by atoms with E-state index in [1.165, 1.54) is 0 Å². The first-order valence-corrected chi connectivity index (χ1v) is 10.8. The van der Waals surface area contributed by atoms with Crippen LogP contribution in [0.1, 0.15) is 11.1 Å². The summed E-state index contributed by atoms with van der Waals surface area (Å²) in [7, 11) is 0. The molecule has 1 fully saturated rings. The topological polar surface area (TPSA) is 62.5 Å². The predicted octanol–water partition coefficient (Wildman–Crippen LogP) is 5.28. The third-order valence-corrected chi connectivity index (χ3v) is 6.75. The second-order valence-electron chi connectivity index (χ2n) is 6.59. The lowest BCUT2D eigenvalue weighted by Gasteiger charge is -2.10. The third-order valence-electron chi connectivity index (χ3n) is 4.66. The van der Waals surface area contributed by atoms with Crippen molar-refractivity contribution in [1.29, 1.82) is 0 Å². The van der Waals surface area contributed by atoms with Gasteiger partial charge in [-0.05, 0) is 24.3 Å². The van der Waals surface area contributed by atoms with Crippen LogP contribution in [-0.2, 0) is 16.1 Å². The number of carbonyl (C=O) groups is 2. The van der Waals surface area contributed by atoms with Gasteiger partial charge in [0.1, 0.15) is 10.9 Å². The first-order valence-electron chi connectivity index (χ1n) is 8.83. The summed E-state index contributed by atoms with van der Waals surface area (Å²) in [5, 5.41) is 11.1. The number of benzene rings is 2. The number of nitrogens with zero attached hydrogens (tertiary/aromatic N) is 2. The van der Waals surface area contributed by atoms with Gasteiger partial charge in [0, 0.05) is 38.3 Å². The highest BCUT2D eigenvalue weighted by Gasteiger charge is 2.33. The molecule has 0 saturated carbocycles. The van der Waals surface area contributed by atoms with Gasteiger partial charge in [0.05, 0.1) is 11.4 Å². The van der Waals surface area contributed by atoms with Crippen LogP contribution >= 0.6 is 47.2 Å². The van der Waals surface area contributed by atoms with E-state index in [4.69, 9.17) is 40.5 Å². The Kier molecular flexibility index (Phi) is 5.88. The van der Waals surface area contributed by atoms with Crippen molar-refractivity contribution >= 4 is 80.4 Å². The fraction of sp³-hybridized carbons (Fsp3) is 0.0952. The van der Waals surface area contributed by atoms with Crippen LogP contribution in [0.15, 0.2) is 53.6 Å². The summed E-state index contributed by atoms with van der Waals surface area (Å²) in [5.74, 6) is -1.51. The SMILES string of the molecule is O=C(O)CN1C(=O)/C(=C\c2cn(Cc3c(Cl)cccc3Cl)c3ccccc23)SC1=S. The summed E-state index contributed by atoms with van der Waals surface area (Å²) >= 11 is 19.0. The summed E-state index contributed by atoms with van der Waals surface area (Å²) < 4.78 is 2.26. The van der Waals surface area contributed by atoms with E-state index in [0.29, 0.717) is 21.5 Å². The summed E-state index contributed by atoms with van der Waals surface area (Å²) in [5.41, 5.74) is 2.59. The van der Waals surface area contributed by atoms with E-state index < -0.39 is 18.4 Å². The average Bonchev–Trinajstić information content (AvgIpc) is 3.17. The Morgan fingerprint density at radius 2 is 1.83 bits per heavy atom. The van der Waals surface area contributed by atoms with Crippen LogP contribution in [0.4, 0.5) is 0 Å². The van der Waals surface area contributed by atoms with Gasteiger partial charge in [-0.25, -0.2) is 0 Å². The van der Waals surface area contributed by atoms with E-state index >= 15 is 0 Å². The molecule has 0 unspecified atom stereocenters. The zero-order valence-corrected chi connectivity index (χ0v) is 18.5. The number of carboxylic acid groups (broad SMARTS) is 1. The Labute approximate surface area is 191 Å². The second kappa shape index (κ2) is 8.43. The summed E-state index contributed by atoms with van der Waals surface area (Å²) in [6, 6.07) is 13.2. The van der Waals surface area contributed by atoms with Crippen molar-refractivity contribution in [2.45, 2.75) is 6.54 Å². The lowest BCUT2D eigenvalue weighted by molar-refractivity contribution is -0.140. The van der Waals surface area contributed by atoms with Gasteiger partial charge in [0.2, 0.25) is 0 Å². The number of carboxylic acids is 1. The van der Waals surface area contributed by atoms with Crippen molar-refractivity contribution in [2.75, 3.05) is 6.54 Å². The number of fused-ring (bicyclic) bond motifs is 1. The molecule has 1 N–H and O–H groups in total. The monoisotopic (exact) mass is 476 g/mol. The number of amides is 1. The highest BCUT2D eigenvalue weighted by atomic mass is 35.5. The van der Waals surface area contributed by atoms with Gasteiger partial charge in [-0.15, -0.1) is 0 Å². The Bertz CT molecular complexity index is 1220. The molecule has 3 aromatic rings. The molecule has 0 bridgehead atoms. The van der Waals surface area contributed by atoms with E-state index in [2.05, 4.69) is 0 Å². The first-order chi connectivity index (χ1) is 14.3. The quantitative estimate of drug-likeness (QED) is 0.400. The highest BCUT2D eigenvalue weighted by molar-refractivity contribution is 8.26.